The van der Waals surface area contributed by atoms with Crippen LogP contribution >= 0.6 is 0 Å². The number of benzene rings is 1. The van der Waals surface area contributed by atoms with Gasteiger partial charge in [0.1, 0.15) is 0 Å². The van der Waals surface area contributed by atoms with Crippen LogP contribution in [-0.2, 0) is 9.59 Å². The lowest BCUT2D eigenvalue weighted by Gasteiger charge is -2.27. The third-order valence-corrected chi connectivity index (χ3v) is 4.83. The molecule has 2 N–H and O–H groups in total. The molecular formula is C18H25N3O2. The van der Waals surface area contributed by atoms with Crippen molar-refractivity contribution in [2.45, 2.75) is 27.2 Å². The topological polar surface area (TPSA) is 61.4 Å². The molecule has 0 spiro atoms. The van der Waals surface area contributed by atoms with Gasteiger partial charge in [0.2, 0.25) is 11.8 Å². The Hall–Kier alpha value is -1.88. The zero-order valence-corrected chi connectivity index (χ0v) is 14.1. The van der Waals surface area contributed by atoms with Gasteiger partial charge in [0.05, 0.1) is 5.92 Å². The van der Waals surface area contributed by atoms with Gasteiger partial charge in [0.15, 0.2) is 0 Å². The van der Waals surface area contributed by atoms with Gasteiger partial charge < -0.3 is 15.5 Å². The van der Waals surface area contributed by atoms with Gasteiger partial charge in [-0.25, -0.2) is 0 Å². The molecule has 2 fully saturated rings. The fourth-order valence-corrected chi connectivity index (χ4v) is 3.58. The van der Waals surface area contributed by atoms with Crippen molar-refractivity contribution < 1.29 is 9.59 Å². The molecule has 23 heavy (non-hydrogen) atoms. The summed E-state index contributed by atoms with van der Waals surface area (Å²) in [6.45, 7) is 9.24. The number of aryl methyl sites for hydroxylation is 3. The van der Waals surface area contributed by atoms with Gasteiger partial charge in [-0.15, -0.1) is 0 Å². The SMILES string of the molecule is Cc1cc(C)c(N2CC(C(=O)NCC3CNC3)CC2=O)c(C)c1. The second-order valence-electron chi connectivity index (χ2n) is 6.92. The van der Waals surface area contributed by atoms with E-state index in [0.29, 0.717) is 25.4 Å². The highest BCUT2D eigenvalue weighted by atomic mass is 16.2. The number of carbonyl (C=O) groups excluding carboxylic acids is 2. The molecule has 0 bridgehead atoms. The van der Waals surface area contributed by atoms with E-state index in [1.807, 2.05) is 13.8 Å². The Kier molecular flexibility index (Phi) is 4.39. The molecule has 124 valence electrons. The minimum atomic E-state index is -0.240. The molecule has 2 heterocycles. The van der Waals surface area contributed by atoms with Crippen molar-refractivity contribution in [1.29, 1.82) is 0 Å². The van der Waals surface area contributed by atoms with Gasteiger partial charge in [-0.3, -0.25) is 9.59 Å². The molecule has 0 saturated carbocycles. The quantitative estimate of drug-likeness (QED) is 0.880. The van der Waals surface area contributed by atoms with E-state index in [2.05, 4.69) is 29.7 Å². The predicted octanol–water partition coefficient (Wildman–Crippen LogP) is 1.30. The first kappa shape index (κ1) is 16.0. The number of carbonyl (C=O) groups is 2. The lowest BCUT2D eigenvalue weighted by Crippen LogP contribution is -2.49. The summed E-state index contributed by atoms with van der Waals surface area (Å²) in [5.41, 5.74) is 4.35. The third-order valence-electron chi connectivity index (χ3n) is 4.83. The van der Waals surface area contributed by atoms with E-state index in [0.717, 1.165) is 29.9 Å². The Bertz CT molecular complexity index is 614. The summed E-state index contributed by atoms with van der Waals surface area (Å²) in [4.78, 5) is 26.5. The van der Waals surface area contributed by atoms with Crippen LogP contribution in [0, 0.1) is 32.6 Å². The average molecular weight is 315 g/mol. The maximum Gasteiger partial charge on any atom is 0.227 e. The van der Waals surface area contributed by atoms with E-state index < -0.39 is 0 Å². The summed E-state index contributed by atoms with van der Waals surface area (Å²) >= 11 is 0. The van der Waals surface area contributed by atoms with Crippen molar-refractivity contribution in [2.75, 3.05) is 31.1 Å². The van der Waals surface area contributed by atoms with Crippen LogP contribution in [0.15, 0.2) is 12.1 Å². The van der Waals surface area contributed by atoms with Crippen LogP contribution in [0.3, 0.4) is 0 Å². The highest BCUT2D eigenvalue weighted by Crippen LogP contribution is 2.31. The van der Waals surface area contributed by atoms with Gasteiger partial charge in [-0.05, 0) is 31.9 Å². The molecule has 0 aliphatic carbocycles. The molecule has 1 atom stereocenters. The zero-order valence-electron chi connectivity index (χ0n) is 14.1. The Morgan fingerprint density at radius 3 is 2.48 bits per heavy atom. The summed E-state index contributed by atoms with van der Waals surface area (Å²) < 4.78 is 0. The second kappa shape index (κ2) is 6.32. The van der Waals surface area contributed by atoms with Gasteiger partial charge in [0.25, 0.3) is 0 Å². The Morgan fingerprint density at radius 1 is 1.26 bits per heavy atom. The molecule has 1 aromatic rings. The van der Waals surface area contributed by atoms with Crippen LogP contribution in [0.1, 0.15) is 23.1 Å². The first-order valence-corrected chi connectivity index (χ1v) is 8.32. The number of hydrogen-bond donors (Lipinski definition) is 2. The molecule has 0 aromatic heterocycles. The van der Waals surface area contributed by atoms with Crippen LogP contribution in [0.25, 0.3) is 0 Å². The lowest BCUT2D eigenvalue weighted by molar-refractivity contribution is -0.126. The first-order valence-electron chi connectivity index (χ1n) is 8.32. The highest BCUT2D eigenvalue weighted by molar-refractivity contribution is 6.01. The van der Waals surface area contributed by atoms with E-state index in [4.69, 9.17) is 0 Å². The molecular weight excluding hydrogens is 290 g/mol. The number of hydrogen-bond acceptors (Lipinski definition) is 3. The molecule has 0 radical (unpaired) electrons. The number of rotatable bonds is 4. The van der Waals surface area contributed by atoms with Crippen LogP contribution in [0.5, 0.6) is 0 Å². The van der Waals surface area contributed by atoms with Gasteiger partial charge in [-0.2, -0.15) is 0 Å². The van der Waals surface area contributed by atoms with Crippen LogP contribution in [0.2, 0.25) is 0 Å². The average Bonchev–Trinajstić information content (AvgIpc) is 2.78. The monoisotopic (exact) mass is 315 g/mol. The van der Waals surface area contributed by atoms with Crippen molar-refractivity contribution in [3.63, 3.8) is 0 Å². The molecule has 5 heteroatoms. The smallest absolute Gasteiger partial charge is 0.227 e. The van der Waals surface area contributed by atoms with Crippen LogP contribution in [-0.4, -0.2) is 38.0 Å². The van der Waals surface area contributed by atoms with Crippen LogP contribution in [0.4, 0.5) is 5.69 Å². The number of nitrogens with one attached hydrogen (secondary N) is 2. The van der Waals surface area contributed by atoms with E-state index >= 15 is 0 Å². The number of anilines is 1. The fourth-order valence-electron chi connectivity index (χ4n) is 3.58. The van der Waals surface area contributed by atoms with Gasteiger partial charge >= 0.3 is 0 Å². The van der Waals surface area contributed by atoms with E-state index in [-0.39, 0.29) is 17.7 Å². The minimum absolute atomic E-state index is 0.00941. The van der Waals surface area contributed by atoms with Gasteiger partial charge in [-0.1, -0.05) is 17.7 Å². The highest BCUT2D eigenvalue weighted by Gasteiger charge is 2.36. The summed E-state index contributed by atoms with van der Waals surface area (Å²) in [6, 6.07) is 4.18. The standard InChI is InChI=1S/C18H25N3O2/c1-11-4-12(2)17(13(3)5-11)21-10-15(6-16(21)22)18(23)20-9-14-7-19-8-14/h4-5,14-15,19H,6-10H2,1-3H3,(H,20,23). The van der Waals surface area contributed by atoms with E-state index in [1.54, 1.807) is 4.90 Å². The Balaban J connectivity index is 1.68. The maximum absolute atomic E-state index is 12.4. The summed E-state index contributed by atoms with van der Waals surface area (Å²) in [5, 5.41) is 6.19. The minimum Gasteiger partial charge on any atom is -0.355 e. The largest absolute Gasteiger partial charge is 0.355 e. The summed E-state index contributed by atoms with van der Waals surface area (Å²) in [6.07, 6.45) is 0.307. The third kappa shape index (κ3) is 3.24. The Morgan fingerprint density at radius 2 is 1.91 bits per heavy atom. The van der Waals surface area contributed by atoms with Crippen molar-refractivity contribution in [3.8, 4) is 0 Å². The fraction of sp³-hybridized carbons (Fsp3) is 0.556. The molecule has 1 aromatic carbocycles. The summed E-state index contributed by atoms with van der Waals surface area (Å²) in [7, 11) is 0. The van der Waals surface area contributed by atoms with E-state index in [1.165, 1.54) is 5.56 Å². The normalized spacial score (nSPS) is 21.4. The first-order chi connectivity index (χ1) is 11.0. The molecule has 2 amide bonds. The van der Waals surface area contributed by atoms with Crippen molar-refractivity contribution >= 4 is 17.5 Å². The van der Waals surface area contributed by atoms with Gasteiger partial charge in [0, 0.05) is 44.2 Å². The van der Waals surface area contributed by atoms with E-state index in [9.17, 15) is 9.59 Å². The predicted molar refractivity (Wildman–Crippen MR) is 90.5 cm³/mol. The van der Waals surface area contributed by atoms with Crippen LogP contribution < -0.4 is 15.5 Å². The lowest BCUT2D eigenvalue weighted by atomic mass is 10.0. The molecule has 1 unspecified atom stereocenters. The molecule has 2 saturated heterocycles. The van der Waals surface area contributed by atoms with Crippen molar-refractivity contribution in [2.24, 2.45) is 11.8 Å². The number of nitrogens with zero attached hydrogens (tertiary/aromatic N) is 1. The number of amides is 2. The van der Waals surface area contributed by atoms with Crippen molar-refractivity contribution in [3.05, 3.63) is 28.8 Å². The molecule has 5 nitrogen and oxygen atoms in total. The second-order valence-corrected chi connectivity index (χ2v) is 6.92. The molecule has 3 rings (SSSR count). The van der Waals surface area contributed by atoms with Crippen molar-refractivity contribution in [1.82, 2.24) is 10.6 Å². The molecule has 2 aliphatic rings. The Labute approximate surface area is 137 Å². The maximum atomic E-state index is 12.4. The molecule has 2 aliphatic heterocycles. The summed E-state index contributed by atoms with van der Waals surface area (Å²) in [5.74, 6) is 0.352. The zero-order chi connectivity index (χ0) is 16.6.